The van der Waals surface area contributed by atoms with Crippen LogP contribution in [0, 0.1) is 11.3 Å². The highest BCUT2D eigenvalue weighted by molar-refractivity contribution is 6.33. The number of hydrogen-bond acceptors (Lipinski definition) is 4. The zero-order valence-electron chi connectivity index (χ0n) is 9.70. The van der Waals surface area contributed by atoms with Crippen LogP contribution in [0.25, 0.3) is 10.9 Å². The predicted molar refractivity (Wildman–Crippen MR) is 67.4 cm³/mol. The predicted octanol–water partition coefficient (Wildman–Crippen LogP) is 2.07. The first-order valence-electron chi connectivity index (χ1n) is 5.00. The number of nitrogens with zero attached hydrogens (tertiary/aromatic N) is 1. The van der Waals surface area contributed by atoms with Gasteiger partial charge in [0.25, 0.3) is 5.56 Å². The highest BCUT2D eigenvalue weighted by Crippen LogP contribution is 2.37. The lowest BCUT2D eigenvalue weighted by atomic mass is 10.1. The van der Waals surface area contributed by atoms with Crippen LogP contribution in [-0.4, -0.2) is 19.2 Å². The zero-order valence-corrected chi connectivity index (χ0v) is 10.5. The molecule has 18 heavy (non-hydrogen) atoms. The molecule has 2 aromatic rings. The molecule has 0 saturated heterocycles. The van der Waals surface area contributed by atoms with Crippen LogP contribution in [-0.2, 0) is 0 Å². The van der Waals surface area contributed by atoms with Crippen LogP contribution in [0.1, 0.15) is 5.56 Å². The summed E-state index contributed by atoms with van der Waals surface area (Å²) < 4.78 is 10.3. The van der Waals surface area contributed by atoms with Crippen molar-refractivity contribution >= 4 is 22.5 Å². The van der Waals surface area contributed by atoms with Crippen molar-refractivity contribution in [2.75, 3.05) is 14.2 Å². The van der Waals surface area contributed by atoms with Crippen molar-refractivity contribution in [1.82, 2.24) is 4.98 Å². The maximum Gasteiger partial charge on any atom is 0.266 e. The van der Waals surface area contributed by atoms with Gasteiger partial charge in [-0.3, -0.25) is 4.79 Å². The minimum atomic E-state index is -0.493. The van der Waals surface area contributed by atoms with Gasteiger partial charge in [-0.15, -0.1) is 0 Å². The molecule has 1 heterocycles. The molecule has 0 fully saturated rings. The lowest BCUT2D eigenvalue weighted by Crippen LogP contribution is -2.10. The van der Waals surface area contributed by atoms with Gasteiger partial charge < -0.3 is 14.5 Å². The number of hydrogen-bond donors (Lipinski definition) is 1. The fourth-order valence-corrected chi connectivity index (χ4v) is 2.00. The molecule has 5 nitrogen and oxygen atoms in total. The number of halogens is 1. The topological polar surface area (TPSA) is 75.1 Å². The van der Waals surface area contributed by atoms with Gasteiger partial charge in [-0.25, -0.2) is 0 Å². The Hall–Kier alpha value is -2.19. The van der Waals surface area contributed by atoms with Crippen LogP contribution < -0.4 is 15.0 Å². The highest BCUT2D eigenvalue weighted by atomic mass is 35.5. The molecule has 6 heteroatoms. The normalized spacial score (nSPS) is 10.1. The summed E-state index contributed by atoms with van der Waals surface area (Å²) in [6, 6.07) is 4.84. The SMILES string of the molecule is COc1cc(Cl)c(OC)c2[nH]c(=O)c(C#N)cc12. The van der Waals surface area contributed by atoms with Gasteiger partial charge in [0.15, 0.2) is 5.75 Å². The summed E-state index contributed by atoms with van der Waals surface area (Å²) in [7, 11) is 2.93. The number of rotatable bonds is 2. The molecule has 0 bridgehead atoms. The largest absolute Gasteiger partial charge is 0.496 e. The van der Waals surface area contributed by atoms with Crippen LogP contribution >= 0.6 is 11.6 Å². The Morgan fingerprint density at radius 1 is 1.33 bits per heavy atom. The van der Waals surface area contributed by atoms with Crippen LogP contribution in [0.4, 0.5) is 0 Å². The van der Waals surface area contributed by atoms with Gasteiger partial charge in [0.05, 0.1) is 24.8 Å². The minimum Gasteiger partial charge on any atom is -0.496 e. The van der Waals surface area contributed by atoms with Gasteiger partial charge in [0, 0.05) is 11.5 Å². The molecule has 92 valence electrons. The van der Waals surface area contributed by atoms with Crippen LogP contribution in [0.15, 0.2) is 16.9 Å². The van der Waals surface area contributed by atoms with Crippen molar-refractivity contribution in [2.24, 2.45) is 0 Å². The maximum atomic E-state index is 11.6. The molecular weight excluding hydrogens is 256 g/mol. The second-order valence-corrected chi connectivity index (χ2v) is 3.91. The zero-order chi connectivity index (χ0) is 13.3. The number of aromatic amines is 1. The van der Waals surface area contributed by atoms with E-state index in [2.05, 4.69) is 4.98 Å². The molecule has 0 amide bonds. The second kappa shape index (κ2) is 4.59. The fraction of sp³-hybridized carbons (Fsp3) is 0.167. The van der Waals surface area contributed by atoms with Crippen molar-refractivity contribution < 1.29 is 9.47 Å². The van der Waals surface area contributed by atoms with Gasteiger partial charge in [0.1, 0.15) is 17.4 Å². The molecule has 0 saturated carbocycles. The summed E-state index contributed by atoms with van der Waals surface area (Å²) in [5.74, 6) is 0.803. The minimum absolute atomic E-state index is 0.00479. The number of ether oxygens (including phenoxy) is 2. The summed E-state index contributed by atoms with van der Waals surface area (Å²) in [4.78, 5) is 14.2. The van der Waals surface area contributed by atoms with Gasteiger partial charge in [-0.1, -0.05) is 11.6 Å². The van der Waals surface area contributed by atoms with Gasteiger partial charge in [0.2, 0.25) is 0 Å². The number of H-pyrrole nitrogens is 1. The van der Waals surface area contributed by atoms with Gasteiger partial charge in [-0.2, -0.15) is 5.26 Å². The summed E-state index contributed by atoms with van der Waals surface area (Å²) in [5, 5.41) is 9.74. The summed E-state index contributed by atoms with van der Waals surface area (Å²) in [6.07, 6.45) is 0. The highest BCUT2D eigenvalue weighted by Gasteiger charge is 2.15. The van der Waals surface area contributed by atoms with Crippen molar-refractivity contribution in [3.05, 3.63) is 33.1 Å². The molecule has 1 N–H and O–H groups in total. The lowest BCUT2D eigenvalue weighted by molar-refractivity contribution is 0.410. The van der Waals surface area contributed by atoms with E-state index in [1.807, 2.05) is 6.07 Å². The molecule has 2 rings (SSSR count). The number of nitriles is 1. The summed E-state index contributed by atoms with van der Waals surface area (Å²) in [6.45, 7) is 0. The number of fused-ring (bicyclic) bond motifs is 1. The van der Waals surface area contributed by atoms with E-state index in [4.69, 9.17) is 26.3 Å². The molecule has 0 atom stereocenters. The number of methoxy groups -OCH3 is 2. The van der Waals surface area contributed by atoms with Crippen molar-refractivity contribution in [3.63, 3.8) is 0 Å². The monoisotopic (exact) mass is 264 g/mol. The van der Waals surface area contributed by atoms with E-state index in [1.54, 1.807) is 6.07 Å². The first-order valence-corrected chi connectivity index (χ1v) is 5.37. The Labute approximate surface area is 108 Å². The van der Waals surface area contributed by atoms with Gasteiger partial charge >= 0.3 is 0 Å². The average Bonchev–Trinajstić information content (AvgIpc) is 2.37. The van der Waals surface area contributed by atoms with Gasteiger partial charge in [-0.05, 0) is 6.07 Å². The molecule has 0 aliphatic carbocycles. The first-order chi connectivity index (χ1) is 8.62. The molecule has 0 aliphatic heterocycles. The number of aromatic nitrogens is 1. The molecule has 0 spiro atoms. The Kier molecular flexibility index (Phi) is 3.13. The van der Waals surface area contributed by atoms with E-state index in [9.17, 15) is 4.79 Å². The second-order valence-electron chi connectivity index (χ2n) is 3.51. The first kappa shape index (κ1) is 12.3. The third-order valence-corrected chi connectivity index (χ3v) is 2.83. The van der Waals surface area contributed by atoms with Crippen molar-refractivity contribution in [3.8, 4) is 17.6 Å². The van der Waals surface area contributed by atoms with E-state index in [1.165, 1.54) is 20.3 Å². The number of pyridine rings is 1. The molecule has 0 radical (unpaired) electrons. The van der Waals surface area contributed by atoms with Crippen LogP contribution in [0.2, 0.25) is 5.02 Å². The van der Waals surface area contributed by atoms with E-state index in [0.29, 0.717) is 27.4 Å². The summed E-state index contributed by atoms with van der Waals surface area (Å²) >= 11 is 6.02. The third kappa shape index (κ3) is 1.77. The van der Waals surface area contributed by atoms with Crippen molar-refractivity contribution in [2.45, 2.75) is 0 Å². The van der Waals surface area contributed by atoms with E-state index >= 15 is 0 Å². The summed E-state index contributed by atoms with van der Waals surface area (Å²) in [5.41, 5.74) is -0.0800. The van der Waals surface area contributed by atoms with E-state index < -0.39 is 5.56 Å². The molecule has 1 aromatic carbocycles. The van der Waals surface area contributed by atoms with Crippen LogP contribution in [0.5, 0.6) is 11.5 Å². The van der Waals surface area contributed by atoms with E-state index in [0.717, 1.165) is 0 Å². The molecule has 0 unspecified atom stereocenters. The van der Waals surface area contributed by atoms with E-state index in [-0.39, 0.29) is 5.56 Å². The molecular formula is C12H9ClN2O3. The van der Waals surface area contributed by atoms with Crippen LogP contribution in [0.3, 0.4) is 0 Å². The fourth-order valence-electron chi connectivity index (χ4n) is 1.73. The molecule has 1 aromatic heterocycles. The smallest absolute Gasteiger partial charge is 0.266 e. The third-order valence-electron chi connectivity index (χ3n) is 2.55. The number of benzene rings is 1. The lowest BCUT2D eigenvalue weighted by Gasteiger charge is -2.11. The quantitative estimate of drug-likeness (QED) is 0.901. The Morgan fingerprint density at radius 2 is 2.06 bits per heavy atom. The Morgan fingerprint density at radius 3 is 2.61 bits per heavy atom. The number of nitrogens with one attached hydrogen (secondary N) is 1. The average molecular weight is 265 g/mol. The van der Waals surface area contributed by atoms with Crippen molar-refractivity contribution in [1.29, 1.82) is 5.26 Å². The maximum absolute atomic E-state index is 11.6. The standard InChI is InChI=1S/C12H9ClN2O3/c1-17-9-4-8(13)11(18-2)10-7(9)3-6(5-14)12(16)15-10/h3-4H,1-2H3,(H,15,16). The Bertz CT molecular complexity index is 716. The molecule has 0 aliphatic rings. The Balaban J connectivity index is 2.99.